The molecule has 0 bridgehead atoms. The highest BCUT2D eigenvalue weighted by Crippen LogP contribution is 2.10. The van der Waals surface area contributed by atoms with E-state index in [1.165, 1.54) is 0 Å². The summed E-state index contributed by atoms with van der Waals surface area (Å²) in [5, 5.41) is 23.6. The highest BCUT2D eigenvalue weighted by atomic mass is 16.3. The topological polar surface area (TPSA) is 81.6 Å². The molecule has 0 aliphatic rings. The van der Waals surface area contributed by atoms with Gasteiger partial charge in [-0.15, -0.1) is 0 Å². The number of rotatable bonds is 7. The van der Waals surface area contributed by atoms with Crippen molar-refractivity contribution in [1.82, 2.24) is 10.6 Å². The van der Waals surface area contributed by atoms with Gasteiger partial charge in [-0.05, 0) is 43.9 Å². The molecule has 0 aromatic heterocycles. The summed E-state index contributed by atoms with van der Waals surface area (Å²) >= 11 is 0. The Hall–Kier alpha value is -1.75. The summed E-state index contributed by atoms with van der Waals surface area (Å²) in [6.45, 7) is 2.57. The molecule has 1 unspecified atom stereocenters. The number of carbonyl (C=O) groups excluding carboxylic acids is 1. The summed E-state index contributed by atoms with van der Waals surface area (Å²) in [6.07, 6.45) is 2.12. The molecule has 1 aromatic rings. The summed E-state index contributed by atoms with van der Waals surface area (Å²) in [6, 6.07) is 6.83. The fourth-order valence-corrected chi connectivity index (χ4v) is 1.78. The van der Waals surface area contributed by atoms with Crippen molar-refractivity contribution in [1.29, 1.82) is 0 Å². The van der Waals surface area contributed by atoms with E-state index in [1.807, 2.05) is 13.0 Å². The number of nitrogens with one attached hydrogen (secondary N) is 2. The summed E-state index contributed by atoms with van der Waals surface area (Å²) in [5.74, 6) is 0.236. The van der Waals surface area contributed by atoms with Crippen LogP contribution in [0.15, 0.2) is 24.3 Å². The summed E-state index contributed by atoms with van der Waals surface area (Å²) in [4.78, 5) is 11.5. The second-order valence-corrected chi connectivity index (χ2v) is 4.59. The van der Waals surface area contributed by atoms with Crippen LogP contribution in [0.3, 0.4) is 0 Å². The number of phenols is 1. The molecule has 19 heavy (non-hydrogen) atoms. The predicted octanol–water partition coefficient (Wildman–Crippen LogP) is 1.39. The number of aromatic hydroxyl groups is 1. The Kier molecular flexibility index (Phi) is 6.74. The number of amides is 2. The Balaban J connectivity index is 2.20. The predicted molar refractivity (Wildman–Crippen MR) is 74.1 cm³/mol. The van der Waals surface area contributed by atoms with Gasteiger partial charge in [0, 0.05) is 19.2 Å². The van der Waals surface area contributed by atoms with Crippen LogP contribution < -0.4 is 10.6 Å². The molecule has 0 aliphatic carbocycles. The monoisotopic (exact) mass is 266 g/mol. The van der Waals surface area contributed by atoms with Gasteiger partial charge in [-0.25, -0.2) is 4.79 Å². The smallest absolute Gasteiger partial charge is 0.315 e. The van der Waals surface area contributed by atoms with Crippen molar-refractivity contribution in [3.05, 3.63) is 29.8 Å². The van der Waals surface area contributed by atoms with Crippen molar-refractivity contribution < 1.29 is 15.0 Å². The van der Waals surface area contributed by atoms with Crippen LogP contribution in [0.4, 0.5) is 4.79 Å². The third kappa shape index (κ3) is 6.67. The molecule has 1 rings (SSSR count). The van der Waals surface area contributed by atoms with Crippen LogP contribution in [0, 0.1) is 0 Å². The lowest BCUT2D eigenvalue weighted by molar-refractivity contribution is 0.234. The van der Waals surface area contributed by atoms with Gasteiger partial charge in [-0.2, -0.15) is 0 Å². The molecule has 5 nitrogen and oxygen atoms in total. The van der Waals surface area contributed by atoms with Gasteiger partial charge < -0.3 is 20.8 Å². The van der Waals surface area contributed by atoms with E-state index >= 15 is 0 Å². The van der Waals surface area contributed by atoms with E-state index in [0.717, 1.165) is 12.0 Å². The Morgan fingerprint density at radius 1 is 1.42 bits per heavy atom. The van der Waals surface area contributed by atoms with Crippen molar-refractivity contribution in [2.75, 3.05) is 13.2 Å². The van der Waals surface area contributed by atoms with Crippen molar-refractivity contribution >= 4 is 6.03 Å². The number of carbonyl (C=O) groups is 1. The normalized spacial score (nSPS) is 11.9. The van der Waals surface area contributed by atoms with Crippen molar-refractivity contribution in [2.24, 2.45) is 0 Å². The maximum absolute atomic E-state index is 11.5. The van der Waals surface area contributed by atoms with Crippen LogP contribution in [-0.4, -0.2) is 35.4 Å². The molecule has 0 radical (unpaired) electrons. The zero-order chi connectivity index (χ0) is 14.1. The molecule has 4 N–H and O–H groups in total. The first-order valence-corrected chi connectivity index (χ1v) is 6.55. The minimum atomic E-state index is -0.203. The first-order chi connectivity index (χ1) is 9.11. The molecule has 0 saturated heterocycles. The van der Waals surface area contributed by atoms with Crippen LogP contribution in [0.2, 0.25) is 0 Å². The maximum Gasteiger partial charge on any atom is 0.315 e. The lowest BCUT2D eigenvalue weighted by Crippen LogP contribution is -2.41. The van der Waals surface area contributed by atoms with Gasteiger partial charge in [0.2, 0.25) is 0 Å². The van der Waals surface area contributed by atoms with E-state index in [4.69, 9.17) is 5.11 Å². The van der Waals surface area contributed by atoms with Crippen molar-refractivity contribution in [2.45, 2.75) is 32.2 Å². The Bertz CT molecular complexity index is 396. The molecule has 2 amide bonds. The van der Waals surface area contributed by atoms with E-state index < -0.39 is 0 Å². The van der Waals surface area contributed by atoms with Gasteiger partial charge in [0.1, 0.15) is 5.75 Å². The van der Waals surface area contributed by atoms with Crippen LogP contribution >= 0.6 is 0 Å². The van der Waals surface area contributed by atoms with Crippen LogP contribution in [0.5, 0.6) is 5.75 Å². The molecule has 106 valence electrons. The zero-order valence-corrected chi connectivity index (χ0v) is 11.2. The molecular formula is C14H22N2O3. The second kappa shape index (κ2) is 8.37. The number of aliphatic hydroxyl groups is 1. The first-order valence-electron chi connectivity index (χ1n) is 6.55. The Labute approximate surface area is 113 Å². The van der Waals surface area contributed by atoms with Crippen LogP contribution in [-0.2, 0) is 6.42 Å². The average molecular weight is 266 g/mol. The van der Waals surface area contributed by atoms with E-state index in [2.05, 4.69) is 10.6 Å². The third-order valence-corrected chi connectivity index (χ3v) is 2.78. The molecule has 5 heteroatoms. The minimum Gasteiger partial charge on any atom is -0.508 e. The summed E-state index contributed by atoms with van der Waals surface area (Å²) in [7, 11) is 0. The first kappa shape index (κ1) is 15.3. The van der Waals surface area contributed by atoms with E-state index in [9.17, 15) is 9.90 Å². The molecular weight excluding hydrogens is 244 g/mol. The van der Waals surface area contributed by atoms with E-state index in [1.54, 1.807) is 18.2 Å². The highest BCUT2D eigenvalue weighted by Gasteiger charge is 2.05. The molecule has 1 aromatic carbocycles. The van der Waals surface area contributed by atoms with Gasteiger partial charge in [-0.3, -0.25) is 0 Å². The standard InChI is InChI=1S/C14H22N2O3/c1-11(4-3-9-17)16-14(19)15-8-7-12-5-2-6-13(18)10-12/h2,5-6,10-11,17-18H,3-4,7-9H2,1H3,(H2,15,16,19). The summed E-state index contributed by atoms with van der Waals surface area (Å²) in [5.41, 5.74) is 0.980. The zero-order valence-electron chi connectivity index (χ0n) is 11.2. The van der Waals surface area contributed by atoms with Crippen molar-refractivity contribution in [3.8, 4) is 5.75 Å². The van der Waals surface area contributed by atoms with Gasteiger partial charge in [0.15, 0.2) is 0 Å². The van der Waals surface area contributed by atoms with Gasteiger partial charge in [0.25, 0.3) is 0 Å². The Morgan fingerprint density at radius 2 is 2.21 bits per heavy atom. The number of hydrogen-bond donors (Lipinski definition) is 4. The number of urea groups is 1. The van der Waals surface area contributed by atoms with Gasteiger partial charge in [-0.1, -0.05) is 12.1 Å². The van der Waals surface area contributed by atoms with Crippen LogP contribution in [0.1, 0.15) is 25.3 Å². The second-order valence-electron chi connectivity index (χ2n) is 4.59. The number of benzene rings is 1. The third-order valence-electron chi connectivity index (χ3n) is 2.78. The molecule has 0 fully saturated rings. The fraction of sp³-hybridized carbons (Fsp3) is 0.500. The largest absolute Gasteiger partial charge is 0.508 e. The van der Waals surface area contributed by atoms with Gasteiger partial charge in [0.05, 0.1) is 0 Å². The number of phenolic OH excluding ortho intramolecular Hbond substituents is 1. The molecule has 0 aliphatic heterocycles. The molecule has 0 saturated carbocycles. The number of aliphatic hydroxyl groups excluding tert-OH is 1. The molecule has 0 spiro atoms. The van der Waals surface area contributed by atoms with Crippen molar-refractivity contribution in [3.63, 3.8) is 0 Å². The number of hydrogen-bond acceptors (Lipinski definition) is 3. The quantitative estimate of drug-likeness (QED) is 0.602. The van der Waals surface area contributed by atoms with E-state index in [-0.39, 0.29) is 24.4 Å². The highest BCUT2D eigenvalue weighted by molar-refractivity contribution is 5.74. The van der Waals surface area contributed by atoms with Crippen LogP contribution in [0.25, 0.3) is 0 Å². The lowest BCUT2D eigenvalue weighted by atomic mass is 10.1. The maximum atomic E-state index is 11.5. The Morgan fingerprint density at radius 3 is 2.89 bits per heavy atom. The molecule has 1 atom stereocenters. The van der Waals surface area contributed by atoms with E-state index in [0.29, 0.717) is 19.4 Å². The average Bonchev–Trinajstić information content (AvgIpc) is 2.36. The lowest BCUT2D eigenvalue weighted by Gasteiger charge is -2.14. The minimum absolute atomic E-state index is 0.0490. The van der Waals surface area contributed by atoms with Gasteiger partial charge >= 0.3 is 6.03 Å². The fourth-order valence-electron chi connectivity index (χ4n) is 1.78. The summed E-state index contributed by atoms with van der Waals surface area (Å²) < 4.78 is 0. The SMILES string of the molecule is CC(CCCO)NC(=O)NCCc1cccc(O)c1. The molecule has 0 heterocycles.